The Kier molecular flexibility index (Phi) is 5.10. The van der Waals surface area contributed by atoms with Crippen molar-refractivity contribution in [2.24, 2.45) is 5.92 Å². The summed E-state index contributed by atoms with van der Waals surface area (Å²) in [6, 6.07) is 19.4. The average Bonchev–Trinajstić information content (AvgIpc) is 3.05. The Bertz CT molecular complexity index is 794. The van der Waals surface area contributed by atoms with Gasteiger partial charge < -0.3 is 15.1 Å². The highest BCUT2D eigenvalue weighted by Crippen LogP contribution is 2.28. The second-order valence-electron chi connectivity index (χ2n) is 7.47. The Morgan fingerprint density at radius 3 is 2.33 bits per heavy atom. The van der Waals surface area contributed by atoms with Crippen LogP contribution in [0.2, 0.25) is 0 Å². The Balaban J connectivity index is 1.42. The van der Waals surface area contributed by atoms with Gasteiger partial charge in [-0.25, -0.2) is 4.79 Å². The lowest BCUT2D eigenvalue weighted by Crippen LogP contribution is -2.51. The van der Waals surface area contributed by atoms with Gasteiger partial charge in [-0.1, -0.05) is 48.5 Å². The molecule has 1 N–H and O–H groups in total. The largest absolute Gasteiger partial charge is 0.336 e. The van der Waals surface area contributed by atoms with Crippen LogP contribution in [0.1, 0.15) is 28.8 Å². The zero-order valence-corrected chi connectivity index (χ0v) is 15.4. The Morgan fingerprint density at radius 1 is 0.889 bits per heavy atom. The molecule has 2 aromatic carbocycles. The molecule has 2 aromatic rings. The molecule has 5 nitrogen and oxygen atoms in total. The van der Waals surface area contributed by atoms with E-state index in [0.29, 0.717) is 19.0 Å². The topological polar surface area (TPSA) is 52.7 Å². The molecule has 3 saturated heterocycles. The Morgan fingerprint density at radius 2 is 1.59 bits per heavy atom. The molecule has 0 saturated carbocycles. The summed E-state index contributed by atoms with van der Waals surface area (Å²) in [5.41, 5.74) is 1.81. The van der Waals surface area contributed by atoms with Crippen molar-refractivity contribution in [3.63, 3.8) is 0 Å². The van der Waals surface area contributed by atoms with Crippen LogP contribution in [-0.4, -0.2) is 47.4 Å². The van der Waals surface area contributed by atoms with E-state index in [0.717, 1.165) is 37.1 Å². The fraction of sp³-hybridized carbons (Fsp3) is 0.364. The minimum Gasteiger partial charge on any atom is -0.336 e. The molecule has 0 aliphatic carbocycles. The maximum atomic E-state index is 12.9. The van der Waals surface area contributed by atoms with E-state index in [1.54, 1.807) is 0 Å². The molecule has 3 heterocycles. The molecule has 0 aromatic heterocycles. The summed E-state index contributed by atoms with van der Waals surface area (Å²) < 4.78 is 0. The van der Waals surface area contributed by atoms with E-state index in [4.69, 9.17) is 0 Å². The van der Waals surface area contributed by atoms with Crippen LogP contribution in [0.5, 0.6) is 0 Å². The van der Waals surface area contributed by atoms with Gasteiger partial charge in [-0.2, -0.15) is 0 Å². The number of nitrogens with zero attached hydrogens (tertiary/aromatic N) is 2. The average molecular weight is 363 g/mol. The fourth-order valence-electron chi connectivity index (χ4n) is 4.13. The summed E-state index contributed by atoms with van der Waals surface area (Å²) >= 11 is 0. The van der Waals surface area contributed by atoms with Crippen molar-refractivity contribution in [3.05, 3.63) is 71.8 Å². The van der Waals surface area contributed by atoms with Gasteiger partial charge in [0.2, 0.25) is 0 Å². The summed E-state index contributed by atoms with van der Waals surface area (Å²) in [6.07, 6.45) is 2.04. The quantitative estimate of drug-likeness (QED) is 0.911. The first kappa shape index (κ1) is 17.6. The molecule has 2 atom stereocenters. The molecule has 140 valence electrons. The van der Waals surface area contributed by atoms with Crippen LogP contribution in [0, 0.1) is 5.92 Å². The maximum absolute atomic E-state index is 12.9. The molecule has 0 radical (unpaired) electrons. The second-order valence-corrected chi connectivity index (χ2v) is 7.47. The zero-order valence-electron chi connectivity index (χ0n) is 15.4. The van der Waals surface area contributed by atoms with Crippen molar-refractivity contribution < 1.29 is 9.59 Å². The summed E-state index contributed by atoms with van der Waals surface area (Å²) in [4.78, 5) is 29.5. The molecule has 3 aliphatic heterocycles. The van der Waals surface area contributed by atoms with Gasteiger partial charge in [-0.3, -0.25) is 4.79 Å². The summed E-state index contributed by atoms with van der Waals surface area (Å²) in [6.45, 7) is 2.60. The number of urea groups is 1. The predicted molar refractivity (Wildman–Crippen MR) is 104 cm³/mol. The molecule has 27 heavy (non-hydrogen) atoms. The molecule has 0 spiro atoms. The van der Waals surface area contributed by atoms with Crippen molar-refractivity contribution in [2.75, 3.05) is 19.6 Å². The Hall–Kier alpha value is -2.82. The number of carbonyl (C=O) groups is 2. The van der Waals surface area contributed by atoms with Crippen molar-refractivity contribution >= 4 is 11.9 Å². The second kappa shape index (κ2) is 7.82. The number of benzene rings is 2. The van der Waals surface area contributed by atoms with Gasteiger partial charge in [0.25, 0.3) is 5.91 Å². The first-order valence-corrected chi connectivity index (χ1v) is 9.63. The molecular formula is C22H25N3O2. The standard InChI is InChI=1S/C22H25N3O2/c26-21(19-9-5-2-6-10-19)24-14-18-11-12-20(16-24)25(15-18)22(27)23-13-17-7-3-1-4-8-17/h1-10,18,20H,11-16H2,(H,23,27)/t18-,20+/m0/s1. The lowest BCUT2D eigenvalue weighted by Gasteiger charge is -2.36. The zero-order chi connectivity index (χ0) is 18.6. The van der Waals surface area contributed by atoms with Gasteiger partial charge in [0, 0.05) is 31.7 Å². The number of amides is 3. The van der Waals surface area contributed by atoms with Gasteiger partial charge in [-0.05, 0) is 36.5 Å². The molecule has 3 amide bonds. The van der Waals surface area contributed by atoms with E-state index in [1.807, 2.05) is 70.5 Å². The number of piperidine rings is 1. The molecule has 2 bridgehead atoms. The lowest BCUT2D eigenvalue weighted by molar-refractivity contribution is 0.0742. The van der Waals surface area contributed by atoms with Crippen LogP contribution < -0.4 is 5.32 Å². The van der Waals surface area contributed by atoms with Crippen molar-refractivity contribution in [3.8, 4) is 0 Å². The highest BCUT2D eigenvalue weighted by atomic mass is 16.2. The van der Waals surface area contributed by atoms with Crippen molar-refractivity contribution in [1.29, 1.82) is 0 Å². The van der Waals surface area contributed by atoms with Crippen LogP contribution in [-0.2, 0) is 6.54 Å². The molecule has 5 rings (SSSR count). The lowest BCUT2D eigenvalue weighted by atomic mass is 9.95. The summed E-state index contributed by atoms with van der Waals surface area (Å²) in [7, 11) is 0. The summed E-state index contributed by atoms with van der Waals surface area (Å²) in [5, 5.41) is 3.04. The molecule has 3 fully saturated rings. The third-order valence-electron chi connectivity index (χ3n) is 5.57. The van der Waals surface area contributed by atoms with Gasteiger partial charge >= 0.3 is 6.03 Å². The third-order valence-corrected chi connectivity index (χ3v) is 5.57. The van der Waals surface area contributed by atoms with E-state index >= 15 is 0 Å². The van der Waals surface area contributed by atoms with Crippen LogP contribution in [0.4, 0.5) is 4.79 Å². The highest BCUT2D eigenvalue weighted by molar-refractivity contribution is 5.94. The molecule has 5 heteroatoms. The monoisotopic (exact) mass is 363 g/mol. The first-order valence-electron chi connectivity index (χ1n) is 9.63. The first-order chi connectivity index (χ1) is 13.2. The minimum atomic E-state index is -0.0254. The third kappa shape index (κ3) is 3.97. The number of nitrogens with one attached hydrogen (secondary N) is 1. The molecule has 3 aliphatic rings. The summed E-state index contributed by atoms with van der Waals surface area (Å²) in [5.74, 6) is 0.415. The SMILES string of the molecule is O=C(c1ccccc1)N1C[C@@H]2CC[C@H](C1)N(C(=O)NCc1ccccc1)C2. The number of hydrogen-bond acceptors (Lipinski definition) is 2. The minimum absolute atomic E-state index is 0.0254. The Labute approximate surface area is 160 Å². The van der Waals surface area contributed by atoms with Crippen LogP contribution in [0.3, 0.4) is 0 Å². The normalized spacial score (nSPS) is 21.6. The van der Waals surface area contributed by atoms with E-state index in [1.165, 1.54) is 0 Å². The maximum Gasteiger partial charge on any atom is 0.317 e. The van der Waals surface area contributed by atoms with Gasteiger partial charge in [0.15, 0.2) is 0 Å². The van der Waals surface area contributed by atoms with Crippen LogP contribution >= 0.6 is 0 Å². The van der Waals surface area contributed by atoms with Crippen molar-refractivity contribution in [2.45, 2.75) is 25.4 Å². The van der Waals surface area contributed by atoms with E-state index in [2.05, 4.69) is 5.32 Å². The van der Waals surface area contributed by atoms with Gasteiger partial charge in [-0.15, -0.1) is 0 Å². The molecular weight excluding hydrogens is 338 g/mol. The van der Waals surface area contributed by atoms with Gasteiger partial charge in [0.1, 0.15) is 0 Å². The molecule has 0 unspecified atom stereocenters. The van der Waals surface area contributed by atoms with Crippen molar-refractivity contribution in [1.82, 2.24) is 15.1 Å². The number of rotatable bonds is 3. The van der Waals surface area contributed by atoms with Crippen LogP contribution in [0.15, 0.2) is 60.7 Å². The highest BCUT2D eigenvalue weighted by Gasteiger charge is 2.38. The van der Waals surface area contributed by atoms with E-state index < -0.39 is 0 Å². The van der Waals surface area contributed by atoms with E-state index in [9.17, 15) is 9.59 Å². The van der Waals surface area contributed by atoms with Crippen LogP contribution in [0.25, 0.3) is 0 Å². The predicted octanol–water partition coefficient (Wildman–Crippen LogP) is 3.13. The number of fused-ring (bicyclic) bond motifs is 4. The van der Waals surface area contributed by atoms with Gasteiger partial charge in [0.05, 0.1) is 6.04 Å². The fourth-order valence-corrected chi connectivity index (χ4v) is 4.13. The number of carbonyl (C=O) groups excluding carboxylic acids is 2. The smallest absolute Gasteiger partial charge is 0.317 e. The number of hydrogen-bond donors (Lipinski definition) is 1. The van der Waals surface area contributed by atoms with E-state index in [-0.39, 0.29) is 18.0 Å².